The summed E-state index contributed by atoms with van der Waals surface area (Å²) in [6.07, 6.45) is 5.09. The van der Waals surface area contributed by atoms with Gasteiger partial charge in [0.05, 0.1) is 6.04 Å². The normalized spacial score (nSPS) is 17.1. The van der Waals surface area contributed by atoms with Crippen LogP contribution in [0.2, 0.25) is 0 Å². The average Bonchev–Trinajstić information content (AvgIpc) is 3.12. The quantitative estimate of drug-likeness (QED) is 0.684. The van der Waals surface area contributed by atoms with Crippen molar-refractivity contribution in [2.45, 2.75) is 32.2 Å². The van der Waals surface area contributed by atoms with Crippen LogP contribution in [0.15, 0.2) is 48.7 Å². The number of piperidine rings is 1. The number of hydrogen-bond donors (Lipinski definition) is 2. The molecule has 0 radical (unpaired) electrons. The Morgan fingerprint density at radius 2 is 1.87 bits per heavy atom. The molecule has 156 valence electrons. The van der Waals surface area contributed by atoms with E-state index in [-0.39, 0.29) is 17.7 Å². The maximum atomic E-state index is 12.7. The molecule has 1 saturated heterocycles. The first-order valence-electron chi connectivity index (χ1n) is 10.4. The van der Waals surface area contributed by atoms with E-state index in [2.05, 4.69) is 15.3 Å². The van der Waals surface area contributed by atoms with Gasteiger partial charge in [0.15, 0.2) is 0 Å². The highest BCUT2D eigenvalue weighted by atomic mass is 16.3. The Kier molecular flexibility index (Phi) is 5.59. The minimum Gasteiger partial charge on any atom is -0.507 e. The Bertz CT molecular complexity index is 1060. The van der Waals surface area contributed by atoms with Gasteiger partial charge in [-0.1, -0.05) is 30.2 Å². The lowest BCUT2D eigenvalue weighted by atomic mass is 9.99. The molecule has 1 unspecified atom stereocenters. The second kappa shape index (κ2) is 8.32. The number of rotatable bonds is 4. The Morgan fingerprint density at radius 1 is 1.10 bits per heavy atom. The van der Waals surface area contributed by atoms with Gasteiger partial charge >= 0.3 is 0 Å². The van der Waals surface area contributed by atoms with Gasteiger partial charge in [0, 0.05) is 30.1 Å². The van der Waals surface area contributed by atoms with Crippen molar-refractivity contribution in [3.8, 4) is 28.1 Å². The standard InChI is InChI=1S/C24H28N4O2/c1-16-7-12-22(29)19(14-16)23-20(15-28(3)26-23)17-8-10-18(11-9-17)25-24(30)21-6-4-5-13-27(21)2/h7-12,14-15,21,29H,4-6,13H2,1-3H3,(H,25,30). The molecule has 1 atom stereocenters. The molecule has 1 aliphatic heterocycles. The van der Waals surface area contributed by atoms with Gasteiger partial charge in [-0.15, -0.1) is 0 Å². The number of likely N-dealkylation sites (N-methyl/N-ethyl adjacent to an activating group) is 1. The highest BCUT2D eigenvalue weighted by molar-refractivity contribution is 5.95. The van der Waals surface area contributed by atoms with Gasteiger partial charge in [-0.05, 0) is 63.2 Å². The predicted octanol–water partition coefficient (Wildman–Crippen LogP) is 4.19. The summed E-state index contributed by atoms with van der Waals surface area (Å²) in [6.45, 7) is 2.96. The Balaban J connectivity index is 1.58. The van der Waals surface area contributed by atoms with Gasteiger partial charge in [0.2, 0.25) is 5.91 Å². The Labute approximate surface area is 177 Å². The second-order valence-corrected chi connectivity index (χ2v) is 8.14. The van der Waals surface area contributed by atoms with Crippen molar-refractivity contribution in [2.24, 2.45) is 7.05 Å². The van der Waals surface area contributed by atoms with Gasteiger partial charge in [0.25, 0.3) is 0 Å². The number of carbonyl (C=O) groups is 1. The third-order valence-corrected chi connectivity index (χ3v) is 5.77. The number of amides is 1. The van der Waals surface area contributed by atoms with Crippen LogP contribution in [0.25, 0.3) is 22.4 Å². The van der Waals surface area contributed by atoms with E-state index in [4.69, 9.17) is 0 Å². The molecule has 0 saturated carbocycles. The molecule has 2 N–H and O–H groups in total. The summed E-state index contributed by atoms with van der Waals surface area (Å²) < 4.78 is 1.75. The van der Waals surface area contributed by atoms with Crippen LogP contribution in [-0.4, -0.2) is 45.3 Å². The number of likely N-dealkylation sites (tertiary alicyclic amines) is 1. The summed E-state index contributed by atoms with van der Waals surface area (Å²) in [5.74, 6) is 0.262. The predicted molar refractivity (Wildman–Crippen MR) is 119 cm³/mol. The summed E-state index contributed by atoms with van der Waals surface area (Å²) in [7, 11) is 3.88. The maximum Gasteiger partial charge on any atom is 0.241 e. The van der Waals surface area contributed by atoms with Crippen molar-refractivity contribution in [3.05, 3.63) is 54.2 Å². The fraction of sp³-hybridized carbons (Fsp3) is 0.333. The molecule has 0 bridgehead atoms. The number of hydrogen-bond acceptors (Lipinski definition) is 4. The van der Waals surface area contributed by atoms with Crippen molar-refractivity contribution in [3.63, 3.8) is 0 Å². The van der Waals surface area contributed by atoms with Crippen LogP contribution in [0.4, 0.5) is 5.69 Å². The third kappa shape index (κ3) is 4.09. The highest BCUT2D eigenvalue weighted by Gasteiger charge is 2.25. The molecular formula is C24H28N4O2. The van der Waals surface area contributed by atoms with Gasteiger partial charge in [-0.3, -0.25) is 14.4 Å². The van der Waals surface area contributed by atoms with Crippen molar-refractivity contribution in [1.29, 1.82) is 0 Å². The number of nitrogens with zero attached hydrogens (tertiary/aromatic N) is 3. The molecule has 1 amide bonds. The second-order valence-electron chi connectivity index (χ2n) is 8.14. The first kappa shape index (κ1) is 20.2. The minimum atomic E-state index is -0.0624. The summed E-state index contributed by atoms with van der Waals surface area (Å²) in [5, 5.41) is 18.0. The number of benzene rings is 2. The summed E-state index contributed by atoms with van der Waals surface area (Å²) in [5.41, 5.74) is 5.20. The van der Waals surface area contributed by atoms with Crippen LogP contribution in [0.1, 0.15) is 24.8 Å². The van der Waals surface area contributed by atoms with Crippen LogP contribution in [0.3, 0.4) is 0 Å². The lowest BCUT2D eigenvalue weighted by Gasteiger charge is -2.31. The van der Waals surface area contributed by atoms with Crippen molar-refractivity contribution < 1.29 is 9.90 Å². The Hall–Kier alpha value is -3.12. The van der Waals surface area contributed by atoms with Gasteiger partial charge < -0.3 is 10.4 Å². The topological polar surface area (TPSA) is 70.4 Å². The third-order valence-electron chi connectivity index (χ3n) is 5.77. The molecule has 0 spiro atoms. The molecule has 6 heteroatoms. The molecule has 3 aromatic rings. The van der Waals surface area contributed by atoms with Crippen LogP contribution < -0.4 is 5.32 Å². The minimum absolute atomic E-state index is 0.0525. The van der Waals surface area contributed by atoms with Crippen molar-refractivity contribution in [1.82, 2.24) is 14.7 Å². The summed E-state index contributed by atoms with van der Waals surface area (Å²) in [6, 6.07) is 13.3. The number of aryl methyl sites for hydroxylation is 2. The lowest BCUT2D eigenvalue weighted by Crippen LogP contribution is -2.44. The molecule has 1 aromatic heterocycles. The average molecular weight is 405 g/mol. The molecule has 1 aliphatic rings. The van der Waals surface area contributed by atoms with Crippen LogP contribution in [-0.2, 0) is 11.8 Å². The van der Waals surface area contributed by atoms with Gasteiger partial charge in [0.1, 0.15) is 11.4 Å². The molecule has 1 fully saturated rings. The van der Waals surface area contributed by atoms with E-state index in [9.17, 15) is 9.90 Å². The number of aromatic nitrogens is 2. The number of carbonyl (C=O) groups excluding carboxylic acids is 1. The summed E-state index contributed by atoms with van der Waals surface area (Å²) >= 11 is 0. The van der Waals surface area contributed by atoms with Crippen LogP contribution >= 0.6 is 0 Å². The zero-order valence-corrected chi connectivity index (χ0v) is 17.7. The van der Waals surface area contributed by atoms with E-state index in [1.165, 1.54) is 0 Å². The molecule has 2 aromatic carbocycles. The first-order chi connectivity index (χ1) is 14.4. The largest absolute Gasteiger partial charge is 0.507 e. The number of nitrogens with one attached hydrogen (secondary N) is 1. The molecule has 6 nitrogen and oxygen atoms in total. The van der Waals surface area contributed by atoms with Crippen molar-refractivity contribution >= 4 is 11.6 Å². The van der Waals surface area contributed by atoms with Crippen LogP contribution in [0, 0.1) is 6.92 Å². The fourth-order valence-corrected chi connectivity index (χ4v) is 4.10. The monoisotopic (exact) mass is 404 g/mol. The van der Waals surface area contributed by atoms with E-state index >= 15 is 0 Å². The number of aromatic hydroxyl groups is 1. The van der Waals surface area contributed by atoms with Gasteiger partial charge in [-0.2, -0.15) is 5.10 Å². The van der Waals surface area contributed by atoms with E-state index in [1.54, 1.807) is 10.7 Å². The first-order valence-corrected chi connectivity index (χ1v) is 10.4. The van der Waals surface area contributed by atoms with E-state index in [1.807, 2.05) is 63.6 Å². The smallest absolute Gasteiger partial charge is 0.241 e. The summed E-state index contributed by atoms with van der Waals surface area (Å²) in [4.78, 5) is 14.8. The Morgan fingerprint density at radius 3 is 2.60 bits per heavy atom. The maximum absolute atomic E-state index is 12.7. The number of phenolic OH excluding ortho intramolecular Hbond substituents is 1. The zero-order chi connectivity index (χ0) is 21.3. The number of phenols is 1. The molecule has 4 rings (SSSR count). The molecule has 30 heavy (non-hydrogen) atoms. The molecular weight excluding hydrogens is 376 g/mol. The lowest BCUT2D eigenvalue weighted by molar-refractivity contribution is -0.121. The van der Waals surface area contributed by atoms with Crippen molar-refractivity contribution in [2.75, 3.05) is 18.9 Å². The zero-order valence-electron chi connectivity index (χ0n) is 17.7. The van der Waals surface area contributed by atoms with Crippen LogP contribution in [0.5, 0.6) is 5.75 Å². The molecule has 2 heterocycles. The SMILES string of the molecule is Cc1ccc(O)c(-c2nn(C)cc2-c2ccc(NC(=O)C3CCCCN3C)cc2)c1. The highest BCUT2D eigenvalue weighted by Crippen LogP contribution is 2.36. The van der Waals surface area contributed by atoms with E-state index in [0.29, 0.717) is 5.56 Å². The van der Waals surface area contributed by atoms with E-state index < -0.39 is 0 Å². The fourth-order valence-electron chi connectivity index (χ4n) is 4.10. The number of anilines is 1. The molecule has 0 aliphatic carbocycles. The van der Waals surface area contributed by atoms with E-state index in [0.717, 1.165) is 53.9 Å². The van der Waals surface area contributed by atoms with Gasteiger partial charge in [-0.25, -0.2) is 0 Å².